The molecule has 1 aromatic heterocycles. The number of aryl methyl sites for hydroxylation is 1. The van der Waals surface area contributed by atoms with Gasteiger partial charge in [-0.25, -0.2) is 0 Å². The number of rotatable bonds is 7. The largest absolute Gasteiger partial charge is 0.383 e. The predicted octanol–water partition coefficient (Wildman–Crippen LogP) is 2.74. The molecule has 2 atom stereocenters. The highest BCUT2D eigenvalue weighted by atomic mass is 16.5. The first-order valence-electron chi connectivity index (χ1n) is 10.7. The zero-order valence-electron chi connectivity index (χ0n) is 18.4. The van der Waals surface area contributed by atoms with Crippen molar-refractivity contribution < 1.29 is 14.3 Å². The van der Waals surface area contributed by atoms with Crippen LogP contribution in [0.5, 0.6) is 0 Å². The molecule has 162 valence electrons. The number of carbonyl (C=O) groups excluding carboxylic acids is 2. The molecule has 2 aliphatic rings. The van der Waals surface area contributed by atoms with Crippen molar-refractivity contribution in [2.24, 2.45) is 5.92 Å². The summed E-state index contributed by atoms with van der Waals surface area (Å²) in [5.41, 5.74) is 3.03. The van der Waals surface area contributed by atoms with Crippen molar-refractivity contribution in [1.82, 2.24) is 14.8 Å². The number of nitriles is 1. The van der Waals surface area contributed by atoms with Gasteiger partial charge in [0, 0.05) is 37.6 Å². The molecular formula is C23H32N4O3. The van der Waals surface area contributed by atoms with E-state index in [0.29, 0.717) is 25.7 Å². The minimum atomic E-state index is -0.295. The van der Waals surface area contributed by atoms with Crippen molar-refractivity contribution in [1.29, 1.82) is 5.26 Å². The molecule has 30 heavy (non-hydrogen) atoms. The Balaban J connectivity index is 1.75. The molecule has 0 spiro atoms. The van der Waals surface area contributed by atoms with Gasteiger partial charge in [0.05, 0.1) is 18.6 Å². The Hall–Kier alpha value is -2.59. The number of ether oxygens (including phenoxy) is 1. The summed E-state index contributed by atoms with van der Waals surface area (Å²) in [5, 5.41) is 12.7. The van der Waals surface area contributed by atoms with Gasteiger partial charge >= 0.3 is 0 Å². The predicted molar refractivity (Wildman–Crippen MR) is 115 cm³/mol. The quantitative estimate of drug-likeness (QED) is 0.551. The van der Waals surface area contributed by atoms with Crippen LogP contribution >= 0.6 is 0 Å². The lowest BCUT2D eigenvalue weighted by Gasteiger charge is -2.32. The van der Waals surface area contributed by atoms with E-state index in [0.717, 1.165) is 42.6 Å². The second kappa shape index (κ2) is 9.48. The Kier molecular flexibility index (Phi) is 6.99. The minimum Gasteiger partial charge on any atom is -0.383 e. The van der Waals surface area contributed by atoms with Crippen molar-refractivity contribution in [3.05, 3.63) is 28.6 Å². The molecular weight excluding hydrogens is 380 g/mol. The van der Waals surface area contributed by atoms with Gasteiger partial charge in [0.1, 0.15) is 11.6 Å². The highest BCUT2D eigenvalue weighted by Crippen LogP contribution is 2.25. The number of aromatic nitrogens is 1. The van der Waals surface area contributed by atoms with Crippen LogP contribution in [0.4, 0.5) is 0 Å². The van der Waals surface area contributed by atoms with Crippen LogP contribution in [-0.4, -0.2) is 54.1 Å². The number of hydrogen-bond acceptors (Lipinski definition) is 4. The summed E-state index contributed by atoms with van der Waals surface area (Å²) in [4.78, 5) is 27.1. The van der Waals surface area contributed by atoms with Crippen molar-refractivity contribution in [3.63, 3.8) is 0 Å². The third-order valence-electron chi connectivity index (χ3n) is 6.03. The topological polar surface area (TPSA) is 87.4 Å². The highest BCUT2D eigenvalue weighted by molar-refractivity contribution is 6.02. The summed E-state index contributed by atoms with van der Waals surface area (Å²) >= 11 is 0. The fourth-order valence-electron chi connectivity index (χ4n) is 4.33. The van der Waals surface area contributed by atoms with E-state index in [1.807, 2.05) is 19.9 Å². The first kappa shape index (κ1) is 22.1. The van der Waals surface area contributed by atoms with E-state index in [9.17, 15) is 14.9 Å². The molecule has 3 rings (SSSR count). The zero-order valence-corrected chi connectivity index (χ0v) is 18.4. The lowest BCUT2D eigenvalue weighted by Crippen LogP contribution is -2.46. The molecule has 1 saturated heterocycles. The van der Waals surface area contributed by atoms with E-state index >= 15 is 0 Å². The van der Waals surface area contributed by atoms with Gasteiger partial charge in [-0.3, -0.25) is 9.59 Å². The molecule has 7 nitrogen and oxygen atoms in total. The third kappa shape index (κ3) is 4.93. The summed E-state index contributed by atoms with van der Waals surface area (Å²) in [7, 11) is 1.68. The summed E-state index contributed by atoms with van der Waals surface area (Å²) < 4.78 is 7.43. The van der Waals surface area contributed by atoms with Gasteiger partial charge in [0.2, 0.25) is 5.91 Å². The monoisotopic (exact) mass is 412 g/mol. The summed E-state index contributed by atoms with van der Waals surface area (Å²) in [6.45, 7) is 7.62. The van der Waals surface area contributed by atoms with Gasteiger partial charge in [-0.15, -0.1) is 0 Å². The average molecular weight is 413 g/mol. The molecule has 1 N–H and O–H groups in total. The Morgan fingerprint density at radius 2 is 2.10 bits per heavy atom. The van der Waals surface area contributed by atoms with Crippen LogP contribution in [0.2, 0.25) is 0 Å². The van der Waals surface area contributed by atoms with Crippen LogP contribution in [0.15, 0.2) is 11.6 Å². The highest BCUT2D eigenvalue weighted by Gasteiger charge is 2.32. The number of piperidine rings is 1. The van der Waals surface area contributed by atoms with E-state index in [2.05, 4.69) is 22.9 Å². The number of nitrogens with one attached hydrogen (secondary N) is 1. The van der Waals surface area contributed by atoms with E-state index < -0.39 is 0 Å². The molecule has 1 aliphatic carbocycles. The normalized spacial score (nSPS) is 20.6. The third-order valence-corrected chi connectivity index (χ3v) is 6.03. The van der Waals surface area contributed by atoms with Gasteiger partial charge in [0.25, 0.3) is 5.91 Å². The Morgan fingerprint density at radius 3 is 2.73 bits per heavy atom. The van der Waals surface area contributed by atoms with E-state index in [1.54, 1.807) is 18.1 Å². The maximum atomic E-state index is 13.1. The number of hydrogen-bond donors (Lipinski definition) is 1. The molecule has 2 amide bonds. The van der Waals surface area contributed by atoms with Crippen LogP contribution in [0.3, 0.4) is 0 Å². The second-order valence-corrected chi connectivity index (χ2v) is 8.54. The van der Waals surface area contributed by atoms with Gasteiger partial charge in [-0.2, -0.15) is 5.26 Å². The van der Waals surface area contributed by atoms with Crippen molar-refractivity contribution >= 4 is 17.9 Å². The standard InChI is InChI=1S/C23H32N4O3/c1-15-10-19(17(3)27(15)16(2)14-30-4)11-20(12-24)23(29)26-9-5-6-18(13-26)22(28)25-21-7-8-21/h10-11,16,18,21H,5-9,13-14H2,1-4H3,(H,25,28)/b20-11-. The second-order valence-electron chi connectivity index (χ2n) is 8.54. The molecule has 0 radical (unpaired) electrons. The van der Waals surface area contributed by atoms with Crippen LogP contribution in [0.1, 0.15) is 55.6 Å². The molecule has 0 bridgehead atoms. The summed E-state index contributed by atoms with van der Waals surface area (Å²) in [5.74, 6) is -0.451. The SMILES string of the molecule is COCC(C)n1c(C)cc(/C=C(/C#N)C(=O)N2CCCC(C(=O)NC3CC3)C2)c1C. The van der Waals surface area contributed by atoms with Crippen molar-refractivity contribution in [2.45, 2.75) is 58.5 Å². The molecule has 2 fully saturated rings. The minimum absolute atomic E-state index is 0.0353. The fourth-order valence-corrected chi connectivity index (χ4v) is 4.33. The number of nitrogens with zero attached hydrogens (tertiary/aromatic N) is 3. The smallest absolute Gasteiger partial charge is 0.264 e. The Bertz CT molecular complexity index is 876. The molecule has 0 aromatic carbocycles. The Morgan fingerprint density at radius 1 is 1.37 bits per heavy atom. The zero-order chi connectivity index (χ0) is 21.8. The van der Waals surface area contributed by atoms with Gasteiger partial charge < -0.3 is 19.5 Å². The van der Waals surface area contributed by atoms with Crippen molar-refractivity contribution in [2.75, 3.05) is 26.8 Å². The van der Waals surface area contributed by atoms with Gasteiger partial charge in [0.15, 0.2) is 0 Å². The number of methoxy groups -OCH3 is 1. The van der Waals surface area contributed by atoms with E-state index in [-0.39, 0.29) is 29.3 Å². The molecule has 1 aliphatic heterocycles. The number of amides is 2. The van der Waals surface area contributed by atoms with Crippen LogP contribution < -0.4 is 5.32 Å². The van der Waals surface area contributed by atoms with Crippen LogP contribution in [0.25, 0.3) is 6.08 Å². The van der Waals surface area contributed by atoms with Crippen molar-refractivity contribution in [3.8, 4) is 6.07 Å². The molecule has 1 aromatic rings. The maximum Gasteiger partial charge on any atom is 0.264 e. The first-order valence-corrected chi connectivity index (χ1v) is 10.7. The molecule has 7 heteroatoms. The molecule has 2 unspecified atom stereocenters. The maximum absolute atomic E-state index is 13.1. The van der Waals surface area contributed by atoms with E-state index in [4.69, 9.17) is 4.74 Å². The van der Waals surface area contributed by atoms with E-state index in [1.165, 1.54) is 0 Å². The van der Waals surface area contributed by atoms with Crippen LogP contribution in [-0.2, 0) is 14.3 Å². The average Bonchev–Trinajstić information content (AvgIpc) is 3.49. The lowest BCUT2D eigenvalue weighted by atomic mass is 9.96. The van der Waals surface area contributed by atoms with Gasteiger partial charge in [-0.05, 0) is 64.2 Å². The molecule has 2 heterocycles. The number of carbonyl (C=O) groups is 2. The lowest BCUT2D eigenvalue weighted by molar-refractivity contribution is -0.132. The number of likely N-dealkylation sites (tertiary alicyclic amines) is 1. The summed E-state index contributed by atoms with van der Waals surface area (Å²) in [6.07, 6.45) is 5.32. The molecule has 1 saturated carbocycles. The summed E-state index contributed by atoms with van der Waals surface area (Å²) in [6, 6.07) is 4.55. The first-order chi connectivity index (χ1) is 14.3. The van der Waals surface area contributed by atoms with Gasteiger partial charge in [-0.1, -0.05) is 0 Å². The fraction of sp³-hybridized carbons (Fsp3) is 0.609. The Labute approximate surface area is 178 Å². The van der Waals surface area contributed by atoms with Crippen LogP contribution in [0, 0.1) is 31.1 Å².